The van der Waals surface area contributed by atoms with Crippen LogP contribution in [0, 0.1) is 27.7 Å². The molecular weight excluding hydrogens is 272 g/mol. The molecule has 1 atom stereocenters. The fraction of sp³-hybridized carbons (Fsp3) is 0.417. The van der Waals surface area contributed by atoms with Gasteiger partial charge in [0, 0.05) is 6.07 Å². The minimum absolute atomic E-state index is 0.129. The smallest absolute Gasteiger partial charge is 0.298 e. The van der Waals surface area contributed by atoms with E-state index in [2.05, 4.69) is 0 Å². The molecule has 3 N–H and O–H groups in total. The van der Waals surface area contributed by atoms with E-state index in [9.17, 15) is 23.7 Å². The van der Waals surface area contributed by atoms with E-state index in [1.54, 1.807) is 0 Å². The molecule has 0 fully saturated rings. The SMILES string of the molecule is CC(C)C[C@@H](N)C(=O)Nc1c(F)cc(F)cc1[N+](=O)[O-]. The van der Waals surface area contributed by atoms with Crippen molar-refractivity contribution in [2.45, 2.75) is 26.3 Å². The van der Waals surface area contributed by atoms with Gasteiger partial charge in [-0.15, -0.1) is 0 Å². The zero-order valence-corrected chi connectivity index (χ0v) is 11.0. The summed E-state index contributed by atoms with van der Waals surface area (Å²) in [6.45, 7) is 3.68. The molecule has 1 rings (SSSR count). The van der Waals surface area contributed by atoms with Gasteiger partial charge in [0.25, 0.3) is 5.69 Å². The Kier molecular flexibility index (Phi) is 5.09. The van der Waals surface area contributed by atoms with Gasteiger partial charge in [0.05, 0.1) is 17.0 Å². The third-order valence-corrected chi connectivity index (χ3v) is 2.54. The zero-order valence-electron chi connectivity index (χ0n) is 11.0. The largest absolute Gasteiger partial charge is 0.320 e. The van der Waals surface area contributed by atoms with Crippen molar-refractivity contribution >= 4 is 17.3 Å². The summed E-state index contributed by atoms with van der Waals surface area (Å²) in [5, 5.41) is 12.8. The first kappa shape index (κ1) is 16.0. The quantitative estimate of drug-likeness (QED) is 0.640. The monoisotopic (exact) mass is 287 g/mol. The van der Waals surface area contributed by atoms with Gasteiger partial charge < -0.3 is 11.1 Å². The first-order chi connectivity index (χ1) is 9.22. The Morgan fingerprint density at radius 2 is 2.05 bits per heavy atom. The number of rotatable bonds is 5. The number of nitro benzene ring substituents is 1. The highest BCUT2D eigenvalue weighted by molar-refractivity contribution is 5.96. The molecule has 0 saturated carbocycles. The molecule has 110 valence electrons. The van der Waals surface area contributed by atoms with Gasteiger partial charge in [0.1, 0.15) is 5.82 Å². The van der Waals surface area contributed by atoms with Crippen molar-refractivity contribution < 1.29 is 18.5 Å². The van der Waals surface area contributed by atoms with Gasteiger partial charge in [-0.25, -0.2) is 8.78 Å². The van der Waals surface area contributed by atoms with E-state index in [1.807, 2.05) is 19.2 Å². The highest BCUT2D eigenvalue weighted by atomic mass is 19.1. The molecule has 8 heteroatoms. The third-order valence-electron chi connectivity index (χ3n) is 2.54. The van der Waals surface area contributed by atoms with Crippen LogP contribution in [-0.4, -0.2) is 16.9 Å². The summed E-state index contributed by atoms with van der Waals surface area (Å²) in [4.78, 5) is 21.5. The minimum Gasteiger partial charge on any atom is -0.320 e. The second kappa shape index (κ2) is 6.38. The van der Waals surface area contributed by atoms with Crippen LogP contribution in [-0.2, 0) is 4.79 Å². The van der Waals surface area contributed by atoms with Gasteiger partial charge in [-0.2, -0.15) is 0 Å². The number of anilines is 1. The lowest BCUT2D eigenvalue weighted by molar-refractivity contribution is -0.384. The number of hydrogen-bond donors (Lipinski definition) is 2. The number of nitro groups is 1. The van der Waals surface area contributed by atoms with Gasteiger partial charge in [0.15, 0.2) is 11.5 Å². The standard InChI is InChI=1S/C12H15F2N3O3/c1-6(2)3-9(15)12(18)16-11-8(14)4-7(13)5-10(11)17(19)20/h4-6,9H,3,15H2,1-2H3,(H,16,18)/t9-/m1/s1. The number of nitrogens with two attached hydrogens (primary N) is 1. The van der Waals surface area contributed by atoms with Crippen molar-refractivity contribution in [3.05, 3.63) is 33.9 Å². The first-order valence-corrected chi connectivity index (χ1v) is 5.92. The Morgan fingerprint density at radius 1 is 1.45 bits per heavy atom. The molecule has 0 aliphatic heterocycles. The van der Waals surface area contributed by atoms with Crippen molar-refractivity contribution in [1.29, 1.82) is 0 Å². The summed E-state index contributed by atoms with van der Waals surface area (Å²) in [6, 6.07) is 0.0579. The van der Waals surface area contributed by atoms with E-state index in [1.165, 1.54) is 0 Å². The highest BCUT2D eigenvalue weighted by Gasteiger charge is 2.24. The maximum atomic E-state index is 13.6. The van der Waals surface area contributed by atoms with E-state index < -0.39 is 39.9 Å². The lowest BCUT2D eigenvalue weighted by Crippen LogP contribution is -2.37. The van der Waals surface area contributed by atoms with Crippen molar-refractivity contribution in [1.82, 2.24) is 0 Å². The molecule has 0 heterocycles. The number of nitrogens with zero attached hydrogens (tertiary/aromatic N) is 1. The van der Waals surface area contributed by atoms with Crippen LogP contribution >= 0.6 is 0 Å². The second-order valence-electron chi connectivity index (χ2n) is 4.76. The van der Waals surface area contributed by atoms with E-state index >= 15 is 0 Å². The molecule has 0 spiro atoms. The molecule has 0 saturated heterocycles. The van der Waals surface area contributed by atoms with Crippen molar-refractivity contribution in [3.63, 3.8) is 0 Å². The molecule has 0 unspecified atom stereocenters. The average Bonchev–Trinajstić information content (AvgIpc) is 2.30. The molecule has 1 aromatic carbocycles. The van der Waals surface area contributed by atoms with Gasteiger partial charge in [-0.3, -0.25) is 14.9 Å². The number of nitrogens with one attached hydrogen (secondary N) is 1. The summed E-state index contributed by atoms with van der Waals surface area (Å²) >= 11 is 0. The highest BCUT2D eigenvalue weighted by Crippen LogP contribution is 2.28. The number of carbonyl (C=O) groups is 1. The molecular formula is C12H15F2N3O3. The maximum Gasteiger partial charge on any atom is 0.298 e. The molecule has 0 aliphatic carbocycles. The Hall–Kier alpha value is -2.09. The van der Waals surface area contributed by atoms with Crippen LogP contribution in [0.15, 0.2) is 12.1 Å². The van der Waals surface area contributed by atoms with Crippen LogP contribution in [0.3, 0.4) is 0 Å². The molecule has 0 aromatic heterocycles. The number of halogens is 2. The number of benzene rings is 1. The summed E-state index contributed by atoms with van der Waals surface area (Å²) < 4.78 is 26.5. The Balaban J connectivity index is 3.03. The van der Waals surface area contributed by atoms with E-state index in [-0.39, 0.29) is 5.92 Å². The minimum atomic E-state index is -1.22. The lowest BCUT2D eigenvalue weighted by Gasteiger charge is -2.14. The summed E-state index contributed by atoms with van der Waals surface area (Å²) in [6.07, 6.45) is 0.336. The van der Waals surface area contributed by atoms with E-state index in [0.29, 0.717) is 18.6 Å². The second-order valence-corrected chi connectivity index (χ2v) is 4.76. The number of amides is 1. The predicted octanol–water partition coefficient (Wildman–Crippen LogP) is 2.18. The molecule has 0 bridgehead atoms. The average molecular weight is 287 g/mol. The van der Waals surface area contributed by atoms with Crippen LogP contribution in [0.1, 0.15) is 20.3 Å². The summed E-state index contributed by atoms with van der Waals surface area (Å²) in [5.41, 5.74) is 4.06. The van der Waals surface area contributed by atoms with Crippen LogP contribution in [0.25, 0.3) is 0 Å². The molecule has 6 nitrogen and oxygen atoms in total. The van der Waals surface area contributed by atoms with Crippen LogP contribution in [0.4, 0.5) is 20.2 Å². The van der Waals surface area contributed by atoms with Crippen LogP contribution in [0.5, 0.6) is 0 Å². The fourth-order valence-corrected chi connectivity index (χ4v) is 1.66. The first-order valence-electron chi connectivity index (χ1n) is 5.92. The number of carbonyl (C=O) groups excluding carboxylic acids is 1. The van der Waals surface area contributed by atoms with Crippen molar-refractivity contribution in [3.8, 4) is 0 Å². The zero-order chi connectivity index (χ0) is 15.4. The van der Waals surface area contributed by atoms with Gasteiger partial charge in [0.2, 0.25) is 5.91 Å². The molecule has 0 aliphatic rings. The topological polar surface area (TPSA) is 98.3 Å². The normalized spacial score (nSPS) is 12.3. The molecule has 1 aromatic rings. The Morgan fingerprint density at radius 3 is 2.55 bits per heavy atom. The van der Waals surface area contributed by atoms with Crippen LogP contribution < -0.4 is 11.1 Å². The van der Waals surface area contributed by atoms with Crippen molar-refractivity contribution in [2.75, 3.05) is 5.32 Å². The predicted molar refractivity (Wildman–Crippen MR) is 69.1 cm³/mol. The molecule has 20 heavy (non-hydrogen) atoms. The fourth-order valence-electron chi connectivity index (χ4n) is 1.66. The van der Waals surface area contributed by atoms with E-state index in [0.717, 1.165) is 0 Å². The third kappa shape index (κ3) is 3.95. The van der Waals surface area contributed by atoms with Crippen molar-refractivity contribution in [2.24, 2.45) is 11.7 Å². The van der Waals surface area contributed by atoms with Crippen LogP contribution in [0.2, 0.25) is 0 Å². The molecule has 1 amide bonds. The van der Waals surface area contributed by atoms with Gasteiger partial charge in [-0.05, 0) is 12.3 Å². The summed E-state index contributed by atoms with van der Waals surface area (Å²) in [5.74, 6) is -2.95. The van der Waals surface area contributed by atoms with E-state index in [4.69, 9.17) is 5.73 Å². The molecule has 0 radical (unpaired) electrons. The van der Waals surface area contributed by atoms with Gasteiger partial charge >= 0.3 is 0 Å². The summed E-state index contributed by atoms with van der Waals surface area (Å²) in [7, 11) is 0. The maximum absolute atomic E-state index is 13.6. The van der Waals surface area contributed by atoms with Gasteiger partial charge in [-0.1, -0.05) is 13.8 Å². The Bertz CT molecular complexity index is 535. The Labute approximate surface area is 114 Å². The number of hydrogen-bond acceptors (Lipinski definition) is 4. The lowest BCUT2D eigenvalue weighted by atomic mass is 10.0.